The number of rotatable bonds is 5. The molecule has 0 spiro atoms. The molecule has 0 aliphatic rings. The van der Waals surface area contributed by atoms with E-state index >= 15 is 0 Å². The summed E-state index contributed by atoms with van der Waals surface area (Å²) in [5, 5.41) is 0. The maximum absolute atomic E-state index is 2.47. The minimum absolute atomic E-state index is 0.187. The molecule has 0 amide bonds. The molecule has 0 fully saturated rings. The lowest BCUT2D eigenvalue weighted by Crippen LogP contribution is -2.43. The highest BCUT2D eigenvalue weighted by atomic mass is 33.1. The van der Waals surface area contributed by atoms with Gasteiger partial charge in [-0.2, -0.15) is 0 Å². The van der Waals surface area contributed by atoms with Crippen LogP contribution in [0.15, 0.2) is 0 Å². The molecule has 4 heteroatoms. The Labute approximate surface area is 123 Å². The summed E-state index contributed by atoms with van der Waals surface area (Å²) in [5.41, 5.74) is 0.374. The number of hydrogen-bond acceptors (Lipinski definition) is 4. The third-order valence-electron chi connectivity index (χ3n) is 2.45. The molecule has 2 nitrogen and oxygen atoms in total. The van der Waals surface area contributed by atoms with Gasteiger partial charge in [-0.3, -0.25) is 0 Å². The average Bonchev–Trinajstić information content (AvgIpc) is 2.05. The molecule has 0 aromatic carbocycles. The van der Waals surface area contributed by atoms with E-state index in [1.54, 1.807) is 0 Å². The molecule has 0 unspecified atom stereocenters. The van der Waals surface area contributed by atoms with Gasteiger partial charge in [-0.05, 0) is 69.2 Å². The molecule has 0 aliphatic carbocycles. The molecule has 0 saturated carbocycles. The number of hydrogen-bond donors (Lipinski definition) is 0. The van der Waals surface area contributed by atoms with Gasteiger partial charge in [0.1, 0.15) is 0 Å². The predicted octanol–water partition coefficient (Wildman–Crippen LogP) is 5.22. The highest BCUT2D eigenvalue weighted by Gasteiger charge is 2.30. The van der Waals surface area contributed by atoms with Crippen molar-refractivity contribution in [3.63, 3.8) is 0 Å². The third-order valence-corrected chi connectivity index (χ3v) is 5.94. The van der Waals surface area contributed by atoms with E-state index in [4.69, 9.17) is 0 Å². The Hall–Kier alpha value is 0.620. The average molecular weight is 293 g/mol. The van der Waals surface area contributed by atoms with Gasteiger partial charge in [-0.25, -0.2) is 8.61 Å². The van der Waals surface area contributed by atoms with Crippen molar-refractivity contribution in [2.24, 2.45) is 0 Å². The van der Waals surface area contributed by atoms with Crippen molar-refractivity contribution in [3.05, 3.63) is 0 Å². The molecule has 0 heterocycles. The molecule has 18 heavy (non-hydrogen) atoms. The summed E-state index contributed by atoms with van der Waals surface area (Å²) in [7, 11) is 3.75. The SMILES string of the molecule is CC(C)N(SSN(C(C)C)C(C)(C)C)C(C)(C)C. The van der Waals surface area contributed by atoms with Crippen LogP contribution in [0.4, 0.5) is 0 Å². The van der Waals surface area contributed by atoms with E-state index in [0.29, 0.717) is 12.1 Å². The largest absolute Gasteiger partial charge is 0.232 e. The Morgan fingerprint density at radius 1 is 0.611 bits per heavy atom. The van der Waals surface area contributed by atoms with E-state index < -0.39 is 0 Å². The first-order valence-corrected chi connectivity index (χ1v) is 8.87. The van der Waals surface area contributed by atoms with Gasteiger partial charge in [0, 0.05) is 45.1 Å². The maximum atomic E-state index is 2.47. The van der Waals surface area contributed by atoms with Gasteiger partial charge in [-0.15, -0.1) is 0 Å². The van der Waals surface area contributed by atoms with Crippen LogP contribution in [-0.4, -0.2) is 31.8 Å². The monoisotopic (exact) mass is 292 g/mol. The van der Waals surface area contributed by atoms with Gasteiger partial charge in [0.2, 0.25) is 0 Å². The Morgan fingerprint density at radius 2 is 0.833 bits per heavy atom. The van der Waals surface area contributed by atoms with Gasteiger partial charge in [0.05, 0.1) is 0 Å². The van der Waals surface area contributed by atoms with Gasteiger partial charge >= 0.3 is 0 Å². The van der Waals surface area contributed by atoms with E-state index in [-0.39, 0.29) is 11.1 Å². The second kappa shape index (κ2) is 6.87. The van der Waals surface area contributed by atoms with Gasteiger partial charge in [-0.1, -0.05) is 0 Å². The lowest BCUT2D eigenvalue weighted by Gasteiger charge is -2.41. The molecule has 0 N–H and O–H groups in total. The van der Waals surface area contributed by atoms with Crippen LogP contribution < -0.4 is 0 Å². The van der Waals surface area contributed by atoms with Crippen molar-refractivity contribution >= 4 is 22.0 Å². The van der Waals surface area contributed by atoms with Crippen LogP contribution in [0.3, 0.4) is 0 Å². The van der Waals surface area contributed by atoms with E-state index in [2.05, 4.69) is 77.8 Å². The minimum Gasteiger partial charge on any atom is -0.232 e. The van der Waals surface area contributed by atoms with E-state index in [1.807, 2.05) is 22.0 Å². The molecular weight excluding hydrogens is 260 g/mol. The lowest BCUT2D eigenvalue weighted by molar-refractivity contribution is 0.227. The van der Waals surface area contributed by atoms with Crippen molar-refractivity contribution in [3.8, 4) is 0 Å². The molecular formula is C14H32N2S2. The van der Waals surface area contributed by atoms with Crippen LogP contribution in [-0.2, 0) is 0 Å². The van der Waals surface area contributed by atoms with Crippen LogP contribution in [0.1, 0.15) is 69.2 Å². The smallest absolute Gasteiger partial charge is 0.0240 e. The molecule has 0 radical (unpaired) electrons. The standard InChI is InChI=1S/C14H32N2S2/c1-11(2)15(13(5,6)7)17-18-16(12(3)4)14(8,9)10/h11-12H,1-10H3. The molecule has 0 bridgehead atoms. The number of nitrogens with zero attached hydrogens (tertiary/aromatic N) is 2. The quantitative estimate of drug-likeness (QED) is 0.506. The Morgan fingerprint density at radius 3 is 0.944 bits per heavy atom. The zero-order chi connectivity index (χ0) is 14.7. The van der Waals surface area contributed by atoms with E-state index in [9.17, 15) is 0 Å². The normalized spacial score (nSPS) is 14.3. The molecule has 0 aromatic rings. The second-order valence-corrected chi connectivity index (χ2v) is 9.31. The fourth-order valence-electron chi connectivity index (χ4n) is 2.02. The van der Waals surface area contributed by atoms with E-state index in [0.717, 1.165) is 0 Å². The fraction of sp³-hybridized carbons (Fsp3) is 1.00. The minimum atomic E-state index is 0.187. The van der Waals surface area contributed by atoms with Crippen molar-refractivity contribution in [1.29, 1.82) is 0 Å². The van der Waals surface area contributed by atoms with Crippen molar-refractivity contribution in [2.45, 2.75) is 92.4 Å². The zero-order valence-corrected chi connectivity index (χ0v) is 15.5. The Kier molecular flexibility index (Phi) is 7.10. The molecule has 0 rings (SSSR count). The summed E-state index contributed by atoms with van der Waals surface area (Å²) in [4.78, 5) is 0. The van der Waals surface area contributed by atoms with Crippen LogP contribution in [0.2, 0.25) is 0 Å². The van der Waals surface area contributed by atoms with Gasteiger partial charge < -0.3 is 0 Å². The molecule has 110 valence electrons. The lowest BCUT2D eigenvalue weighted by atomic mass is 10.1. The first-order valence-electron chi connectivity index (χ1n) is 6.80. The summed E-state index contributed by atoms with van der Waals surface area (Å²) < 4.78 is 4.94. The summed E-state index contributed by atoms with van der Waals surface area (Å²) >= 11 is 0. The molecule has 0 atom stereocenters. The van der Waals surface area contributed by atoms with E-state index in [1.165, 1.54) is 0 Å². The summed E-state index contributed by atoms with van der Waals surface area (Å²) in [6.45, 7) is 22.7. The van der Waals surface area contributed by atoms with Crippen LogP contribution >= 0.6 is 22.0 Å². The second-order valence-electron chi connectivity index (χ2n) is 7.33. The maximum Gasteiger partial charge on any atom is 0.0240 e. The predicted molar refractivity (Wildman–Crippen MR) is 88.6 cm³/mol. The topological polar surface area (TPSA) is 6.48 Å². The highest BCUT2D eigenvalue weighted by Crippen LogP contribution is 2.40. The molecule has 0 aromatic heterocycles. The highest BCUT2D eigenvalue weighted by molar-refractivity contribution is 8.74. The third kappa shape index (κ3) is 6.18. The van der Waals surface area contributed by atoms with Gasteiger partial charge in [0.15, 0.2) is 0 Å². The summed E-state index contributed by atoms with van der Waals surface area (Å²) in [5.74, 6) is 0. The first kappa shape index (κ1) is 18.6. The summed E-state index contributed by atoms with van der Waals surface area (Å²) in [6.07, 6.45) is 0. The van der Waals surface area contributed by atoms with Crippen LogP contribution in [0.5, 0.6) is 0 Å². The van der Waals surface area contributed by atoms with Gasteiger partial charge in [0.25, 0.3) is 0 Å². The van der Waals surface area contributed by atoms with Crippen molar-refractivity contribution < 1.29 is 0 Å². The Bertz CT molecular complexity index is 213. The fourth-order valence-corrected chi connectivity index (χ4v) is 5.76. The Balaban J connectivity index is 4.69. The summed E-state index contributed by atoms with van der Waals surface area (Å²) in [6, 6.07) is 1.08. The van der Waals surface area contributed by atoms with Crippen molar-refractivity contribution in [2.75, 3.05) is 0 Å². The van der Waals surface area contributed by atoms with Crippen LogP contribution in [0, 0.1) is 0 Å². The van der Waals surface area contributed by atoms with Crippen molar-refractivity contribution in [1.82, 2.24) is 8.61 Å². The first-order chi connectivity index (χ1) is 7.87. The molecule has 0 aliphatic heterocycles. The molecule has 0 saturated heterocycles. The van der Waals surface area contributed by atoms with Crippen LogP contribution in [0.25, 0.3) is 0 Å². The zero-order valence-electron chi connectivity index (χ0n) is 13.9.